The van der Waals surface area contributed by atoms with Gasteiger partial charge in [0.25, 0.3) is 5.91 Å². The largest absolute Gasteiger partial charge is 0.545 e. The molecule has 0 saturated heterocycles. The number of carbonyl (C=O) groups excluding carboxylic acids is 2. The molecule has 1 aliphatic rings. The number of rotatable bonds is 3. The number of carbonyl (C=O) groups is 2. The smallest absolute Gasteiger partial charge is 0.257 e. The summed E-state index contributed by atoms with van der Waals surface area (Å²) in [6.07, 6.45) is 3.57. The van der Waals surface area contributed by atoms with Crippen LogP contribution in [0.3, 0.4) is 0 Å². The van der Waals surface area contributed by atoms with Crippen molar-refractivity contribution in [2.45, 2.75) is 25.7 Å². The van der Waals surface area contributed by atoms with E-state index in [0.717, 1.165) is 36.1 Å². The summed E-state index contributed by atoms with van der Waals surface area (Å²) in [6.45, 7) is 0. The van der Waals surface area contributed by atoms with E-state index in [2.05, 4.69) is 5.32 Å². The first-order chi connectivity index (χ1) is 10.6. The number of aryl methyl sites for hydroxylation is 1. The number of aromatic carboxylic acids is 1. The molecule has 22 heavy (non-hydrogen) atoms. The van der Waals surface area contributed by atoms with Crippen molar-refractivity contribution in [3.8, 4) is 0 Å². The number of benzene rings is 1. The van der Waals surface area contributed by atoms with Crippen molar-refractivity contribution < 1.29 is 14.7 Å². The predicted octanol–water partition coefficient (Wildman–Crippen LogP) is 2.90. The maximum atomic E-state index is 12.3. The lowest BCUT2D eigenvalue weighted by Crippen LogP contribution is -2.25. The summed E-state index contributed by atoms with van der Waals surface area (Å²) in [7, 11) is 0. The zero-order valence-electron chi connectivity index (χ0n) is 11.6. The van der Waals surface area contributed by atoms with Crippen LogP contribution in [-0.2, 0) is 12.8 Å². The number of fused-ring (bicyclic) bond motifs is 1. The molecule has 1 amide bonds. The molecule has 1 heterocycles. The first-order valence-corrected chi connectivity index (χ1v) is 8.19. The number of carboxylic acid groups (broad SMARTS) is 1. The Hall–Kier alpha value is -1.85. The van der Waals surface area contributed by atoms with E-state index in [4.69, 9.17) is 11.6 Å². The summed E-state index contributed by atoms with van der Waals surface area (Å²) in [5.74, 6) is -1.65. The first kappa shape index (κ1) is 15.1. The fourth-order valence-electron chi connectivity index (χ4n) is 2.69. The van der Waals surface area contributed by atoms with Gasteiger partial charge in [-0.2, -0.15) is 0 Å². The monoisotopic (exact) mass is 334 g/mol. The molecule has 0 radical (unpaired) electrons. The van der Waals surface area contributed by atoms with Crippen LogP contribution in [0.2, 0.25) is 5.02 Å². The van der Waals surface area contributed by atoms with Crippen molar-refractivity contribution in [3.63, 3.8) is 0 Å². The Morgan fingerprint density at radius 3 is 2.64 bits per heavy atom. The van der Waals surface area contributed by atoms with E-state index >= 15 is 0 Å². The van der Waals surface area contributed by atoms with Crippen molar-refractivity contribution in [3.05, 3.63) is 50.9 Å². The van der Waals surface area contributed by atoms with Gasteiger partial charge in [-0.3, -0.25) is 4.79 Å². The Morgan fingerprint density at radius 2 is 1.91 bits per heavy atom. The molecule has 4 nitrogen and oxygen atoms in total. The highest BCUT2D eigenvalue weighted by atomic mass is 35.5. The van der Waals surface area contributed by atoms with E-state index in [9.17, 15) is 14.7 Å². The minimum atomic E-state index is -1.24. The fraction of sp³-hybridized carbons (Fsp3) is 0.250. The molecule has 6 heteroatoms. The fourth-order valence-corrected chi connectivity index (χ4v) is 4.18. The van der Waals surface area contributed by atoms with Gasteiger partial charge in [0.1, 0.15) is 5.00 Å². The summed E-state index contributed by atoms with van der Waals surface area (Å²) in [4.78, 5) is 24.8. The maximum absolute atomic E-state index is 12.3. The van der Waals surface area contributed by atoms with Gasteiger partial charge in [-0.25, -0.2) is 0 Å². The van der Waals surface area contributed by atoms with Gasteiger partial charge < -0.3 is 15.2 Å². The second-order valence-electron chi connectivity index (χ2n) is 5.14. The van der Waals surface area contributed by atoms with Gasteiger partial charge in [0.05, 0.1) is 16.6 Å². The first-order valence-electron chi connectivity index (χ1n) is 6.99. The molecule has 0 bridgehead atoms. The molecular weight excluding hydrogens is 322 g/mol. The highest BCUT2D eigenvalue weighted by Crippen LogP contribution is 2.38. The third-order valence-corrected chi connectivity index (χ3v) is 5.26. The quantitative estimate of drug-likeness (QED) is 0.938. The minimum Gasteiger partial charge on any atom is -0.545 e. The number of hydrogen-bond acceptors (Lipinski definition) is 4. The standard InChI is InChI=1S/C16H14ClNO3S/c17-11-7-3-1-5-9(11)14(19)18-15-13(16(20)21)10-6-2-4-8-12(10)22-15/h1,3,5,7H,2,4,6,8H2,(H,18,19)(H,20,21)/p-1. The number of halogens is 1. The number of thiophene rings is 1. The average Bonchev–Trinajstić information content (AvgIpc) is 2.85. The molecule has 1 N–H and O–H groups in total. The van der Waals surface area contributed by atoms with Crippen LogP contribution in [-0.4, -0.2) is 11.9 Å². The van der Waals surface area contributed by atoms with Gasteiger partial charge in [-0.15, -0.1) is 11.3 Å². The Kier molecular flexibility index (Phi) is 4.18. The van der Waals surface area contributed by atoms with Gasteiger partial charge in [-0.1, -0.05) is 23.7 Å². The number of anilines is 1. The van der Waals surface area contributed by atoms with E-state index < -0.39 is 11.9 Å². The normalized spacial score (nSPS) is 13.5. The predicted molar refractivity (Wildman–Crippen MR) is 84.7 cm³/mol. The highest BCUT2D eigenvalue weighted by Gasteiger charge is 2.23. The van der Waals surface area contributed by atoms with Crippen LogP contribution in [0.4, 0.5) is 5.00 Å². The number of carboxylic acids is 1. The average molecular weight is 335 g/mol. The summed E-state index contributed by atoms with van der Waals surface area (Å²) in [6, 6.07) is 6.66. The van der Waals surface area contributed by atoms with Gasteiger partial charge in [-0.05, 0) is 43.4 Å². The van der Waals surface area contributed by atoms with Gasteiger partial charge in [0.15, 0.2) is 0 Å². The number of amides is 1. The van der Waals surface area contributed by atoms with Crippen molar-refractivity contribution in [2.24, 2.45) is 0 Å². The van der Waals surface area contributed by atoms with E-state index in [1.165, 1.54) is 11.3 Å². The maximum Gasteiger partial charge on any atom is 0.257 e. The second-order valence-corrected chi connectivity index (χ2v) is 6.65. The molecule has 1 aliphatic carbocycles. The summed E-state index contributed by atoms with van der Waals surface area (Å²) >= 11 is 7.33. The van der Waals surface area contributed by atoms with E-state index in [1.807, 2.05) is 0 Å². The molecule has 0 unspecified atom stereocenters. The molecule has 0 atom stereocenters. The molecule has 0 saturated carbocycles. The highest BCUT2D eigenvalue weighted by molar-refractivity contribution is 7.17. The SMILES string of the molecule is O=C(Nc1sc2c(c1C(=O)[O-])CCCC2)c1ccccc1Cl. The Balaban J connectivity index is 1.95. The number of nitrogens with one attached hydrogen (secondary N) is 1. The molecule has 1 aromatic carbocycles. The van der Waals surface area contributed by atoms with Crippen LogP contribution in [0.1, 0.15) is 44.0 Å². The van der Waals surface area contributed by atoms with Crippen LogP contribution >= 0.6 is 22.9 Å². The van der Waals surface area contributed by atoms with Crippen LogP contribution in [0.15, 0.2) is 24.3 Å². The number of hydrogen-bond donors (Lipinski definition) is 1. The molecule has 2 aromatic rings. The summed E-state index contributed by atoms with van der Waals surface area (Å²) in [5, 5.41) is 14.8. The van der Waals surface area contributed by atoms with E-state index in [1.54, 1.807) is 24.3 Å². The lowest BCUT2D eigenvalue weighted by Gasteiger charge is -2.13. The van der Waals surface area contributed by atoms with Gasteiger partial charge >= 0.3 is 0 Å². The van der Waals surface area contributed by atoms with Crippen molar-refractivity contribution in [1.82, 2.24) is 0 Å². The molecule has 0 spiro atoms. The van der Waals surface area contributed by atoms with E-state index in [-0.39, 0.29) is 5.56 Å². The third kappa shape index (κ3) is 2.74. The summed E-state index contributed by atoms with van der Waals surface area (Å²) < 4.78 is 0. The Bertz CT molecular complexity index is 754. The molecule has 1 aromatic heterocycles. The zero-order valence-corrected chi connectivity index (χ0v) is 13.2. The third-order valence-electron chi connectivity index (χ3n) is 3.72. The zero-order chi connectivity index (χ0) is 15.7. The Labute approximate surface area is 136 Å². The molecule has 3 rings (SSSR count). The van der Waals surface area contributed by atoms with Crippen molar-refractivity contribution in [2.75, 3.05) is 5.32 Å². The minimum absolute atomic E-state index is 0.125. The van der Waals surface area contributed by atoms with Crippen molar-refractivity contribution >= 4 is 39.8 Å². The van der Waals surface area contributed by atoms with Gasteiger partial charge in [0, 0.05) is 10.4 Å². The molecular formula is C16H13ClNO3S-. The van der Waals surface area contributed by atoms with Gasteiger partial charge in [0.2, 0.25) is 0 Å². The van der Waals surface area contributed by atoms with Crippen LogP contribution in [0.25, 0.3) is 0 Å². The van der Waals surface area contributed by atoms with E-state index in [0.29, 0.717) is 15.6 Å². The lowest BCUT2D eigenvalue weighted by atomic mass is 9.95. The van der Waals surface area contributed by atoms with Crippen LogP contribution in [0, 0.1) is 0 Å². The topological polar surface area (TPSA) is 69.2 Å². The molecule has 0 aliphatic heterocycles. The molecule has 114 valence electrons. The Morgan fingerprint density at radius 1 is 1.18 bits per heavy atom. The lowest BCUT2D eigenvalue weighted by molar-refractivity contribution is -0.254. The van der Waals surface area contributed by atoms with Crippen LogP contribution in [0.5, 0.6) is 0 Å². The van der Waals surface area contributed by atoms with Crippen LogP contribution < -0.4 is 10.4 Å². The second kappa shape index (κ2) is 6.10. The van der Waals surface area contributed by atoms with Crippen molar-refractivity contribution in [1.29, 1.82) is 0 Å². The summed E-state index contributed by atoms with van der Waals surface area (Å²) in [5.41, 5.74) is 1.26. The molecule has 0 fully saturated rings.